The van der Waals surface area contributed by atoms with Crippen molar-refractivity contribution < 1.29 is 26.0 Å². The van der Waals surface area contributed by atoms with Crippen LogP contribution in [0.2, 0.25) is 0 Å². The summed E-state index contributed by atoms with van der Waals surface area (Å²) in [4.78, 5) is 0. The molecular weight excluding hydrogens is 254 g/mol. The van der Waals surface area contributed by atoms with E-state index in [1.54, 1.807) is 0 Å². The first-order valence-electron chi connectivity index (χ1n) is 6.21. The van der Waals surface area contributed by atoms with Crippen molar-refractivity contribution in [2.75, 3.05) is 6.56 Å². The van der Waals surface area contributed by atoms with Crippen molar-refractivity contribution in [1.29, 1.82) is 0 Å². The molecule has 0 heterocycles. The van der Waals surface area contributed by atoms with Crippen LogP contribution in [0.1, 0.15) is 20.1 Å². The molecule has 0 spiro atoms. The quantitative estimate of drug-likeness (QED) is 0.760. The van der Waals surface area contributed by atoms with Gasteiger partial charge in [0.05, 0.1) is 13.8 Å². The molecule has 2 N–H and O–H groups in total. The molecule has 3 nitrogen and oxygen atoms in total. The molecule has 6 heteroatoms. The number of hydrogen-bond acceptors (Lipinski definition) is 3. The monoisotopic (exact) mass is 269 g/mol. The highest BCUT2D eigenvalue weighted by Gasteiger charge is 2.43. The first kappa shape index (κ1) is 6.30. The minimum absolute atomic E-state index is 0.134. The van der Waals surface area contributed by atoms with E-state index in [9.17, 15) is 4.39 Å². The highest BCUT2D eigenvalue weighted by atomic mass is 79.9. The molecule has 0 aliphatic heterocycles. The molecule has 1 rings (SSSR count). The molecule has 1 unspecified atom stereocenters. The lowest BCUT2D eigenvalue weighted by Gasteiger charge is -2.25. The van der Waals surface area contributed by atoms with E-state index < -0.39 is 32.5 Å². The van der Waals surface area contributed by atoms with Crippen molar-refractivity contribution in [3.8, 4) is 0 Å². The van der Waals surface area contributed by atoms with Gasteiger partial charge in [-0.05, 0) is 34.9 Å². The SMILES string of the molecule is [2H]C([2H])([2H])C([2H])([2H])OC1=C(Br)C=CC(F)(B(O)O)C1. The predicted molar refractivity (Wildman–Crippen MR) is 55.4 cm³/mol. The summed E-state index contributed by atoms with van der Waals surface area (Å²) in [6, 6.07) is 0. The Morgan fingerprint density at radius 2 is 2.64 bits per heavy atom. The molecule has 78 valence electrons. The van der Waals surface area contributed by atoms with E-state index in [1.807, 2.05) is 0 Å². The minimum Gasteiger partial charge on any atom is -0.497 e. The summed E-state index contributed by atoms with van der Waals surface area (Å²) in [5.74, 6) is -0.348. The Morgan fingerprint density at radius 1 is 1.93 bits per heavy atom. The summed E-state index contributed by atoms with van der Waals surface area (Å²) in [6.45, 7) is -6.08. The number of ether oxygens (including phenoxy) is 1. The zero-order valence-electron chi connectivity index (χ0n) is 12.0. The maximum Gasteiger partial charge on any atom is 0.496 e. The lowest BCUT2D eigenvalue weighted by Crippen LogP contribution is -2.42. The molecule has 0 saturated heterocycles. The largest absolute Gasteiger partial charge is 0.497 e. The summed E-state index contributed by atoms with van der Waals surface area (Å²) >= 11 is 2.96. The van der Waals surface area contributed by atoms with Gasteiger partial charge in [-0.2, -0.15) is 0 Å². The third kappa shape index (κ3) is 2.37. The van der Waals surface area contributed by atoms with Crippen LogP contribution in [0.5, 0.6) is 0 Å². The van der Waals surface area contributed by atoms with E-state index in [1.165, 1.54) is 0 Å². The molecule has 1 aliphatic carbocycles. The Labute approximate surface area is 97.6 Å². The Morgan fingerprint density at radius 3 is 3.21 bits per heavy atom. The number of halogens is 2. The smallest absolute Gasteiger partial charge is 0.496 e. The Kier molecular flexibility index (Phi) is 2.01. The number of rotatable bonds is 3. The first-order valence-corrected chi connectivity index (χ1v) is 4.50. The highest BCUT2D eigenvalue weighted by molar-refractivity contribution is 9.11. The van der Waals surface area contributed by atoms with Crippen LogP contribution in [0.4, 0.5) is 4.39 Å². The van der Waals surface area contributed by atoms with Gasteiger partial charge in [-0.15, -0.1) is 0 Å². The van der Waals surface area contributed by atoms with Gasteiger partial charge in [-0.25, -0.2) is 4.39 Å². The topological polar surface area (TPSA) is 49.7 Å². The average Bonchev–Trinajstić information content (AvgIpc) is 2.21. The average molecular weight is 270 g/mol. The molecule has 0 fully saturated rings. The lowest BCUT2D eigenvalue weighted by molar-refractivity contribution is 0.168. The van der Waals surface area contributed by atoms with E-state index in [-0.39, 0.29) is 10.2 Å². The normalized spacial score (nSPS) is 33.9. The summed E-state index contributed by atoms with van der Waals surface area (Å²) < 4.78 is 54.4. The molecule has 0 aromatic carbocycles. The van der Waals surface area contributed by atoms with Crippen LogP contribution in [-0.4, -0.2) is 29.3 Å². The molecule has 0 aromatic heterocycles. The Hall–Kier alpha value is -0.325. The van der Waals surface area contributed by atoms with Crippen LogP contribution in [0, 0.1) is 0 Å². The third-order valence-electron chi connectivity index (χ3n) is 1.81. The van der Waals surface area contributed by atoms with Crippen LogP contribution in [-0.2, 0) is 4.74 Å². The van der Waals surface area contributed by atoms with Gasteiger partial charge in [0.1, 0.15) is 5.76 Å². The number of hydrogen-bond donors (Lipinski definition) is 2. The van der Waals surface area contributed by atoms with Crippen molar-refractivity contribution in [2.24, 2.45) is 0 Å². The summed E-state index contributed by atoms with van der Waals surface area (Å²) in [6.07, 6.45) is 1.28. The molecule has 0 radical (unpaired) electrons. The van der Waals surface area contributed by atoms with Gasteiger partial charge < -0.3 is 14.8 Å². The van der Waals surface area contributed by atoms with Crippen LogP contribution in [0.3, 0.4) is 0 Å². The molecule has 0 aromatic rings. The van der Waals surface area contributed by atoms with Gasteiger partial charge in [0.2, 0.25) is 0 Å². The summed E-state index contributed by atoms with van der Waals surface area (Å²) in [5, 5.41) is 17.9. The fraction of sp³-hybridized carbons (Fsp3) is 0.500. The third-order valence-corrected chi connectivity index (χ3v) is 2.51. The second-order valence-electron chi connectivity index (χ2n) is 2.79. The zero-order valence-corrected chi connectivity index (χ0v) is 8.58. The van der Waals surface area contributed by atoms with Crippen LogP contribution >= 0.6 is 15.9 Å². The lowest BCUT2D eigenvalue weighted by atomic mass is 9.66. The fourth-order valence-corrected chi connectivity index (χ4v) is 1.37. The minimum atomic E-state index is -3.06. The van der Waals surface area contributed by atoms with Gasteiger partial charge in [-0.3, -0.25) is 0 Å². The van der Waals surface area contributed by atoms with E-state index >= 15 is 0 Å². The maximum absolute atomic E-state index is 14.0. The van der Waals surface area contributed by atoms with E-state index in [0.29, 0.717) is 0 Å². The summed E-state index contributed by atoms with van der Waals surface area (Å²) in [7, 11) is -2.33. The Balaban J connectivity index is 2.99. The number of alkyl halides is 1. The molecule has 0 amide bonds. The van der Waals surface area contributed by atoms with Crippen molar-refractivity contribution >= 4 is 23.0 Å². The zero-order chi connectivity index (χ0) is 15.1. The second-order valence-corrected chi connectivity index (χ2v) is 3.64. The summed E-state index contributed by atoms with van der Waals surface area (Å²) in [5.41, 5.74) is -2.56. The van der Waals surface area contributed by atoms with Gasteiger partial charge in [0.15, 0.2) is 5.57 Å². The first-order chi connectivity index (χ1) is 8.39. The molecular formula is C8H11BBrFO3. The molecule has 0 saturated carbocycles. The van der Waals surface area contributed by atoms with Crippen molar-refractivity contribution in [2.45, 2.75) is 18.8 Å². The van der Waals surface area contributed by atoms with Gasteiger partial charge >= 0.3 is 7.12 Å². The van der Waals surface area contributed by atoms with Crippen LogP contribution < -0.4 is 0 Å². The van der Waals surface area contributed by atoms with E-state index in [0.717, 1.165) is 12.2 Å². The van der Waals surface area contributed by atoms with E-state index in [2.05, 4.69) is 15.9 Å². The fourth-order valence-electron chi connectivity index (χ4n) is 1.02. The standard InChI is InChI=1S/C8H11BBrFO3/c1-2-14-7-5-8(11,9(12)13)4-3-6(7)10/h3-4,12-13H,2,5H2,1H3/i1D3,2D2. The van der Waals surface area contributed by atoms with Gasteiger partial charge in [-0.1, -0.05) is 0 Å². The van der Waals surface area contributed by atoms with E-state index in [4.69, 9.17) is 21.6 Å². The van der Waals surface area contributed by atoms with Crippen LogP contribution in [0.25, 0.3) is 0 Å². The van der Waals surface area contributed by atoms with Crippen molar-refractivity contribution in [1.82, 2.24) is 0 Å². The number of allylic oxidation sites excluding steroid dienone is 4. The van der Waals surface area contributed by atoms with Crippen molar-refractivity contribution in [3.63, 3.8) is 0 Å². The van der Waals surface area contributed by atoms with Gasteiger partial charge in [0, 0.05) is 10.5 Å². The van der Waals surface area contributed by atoms with Crippen molar-refractivity contribution in [3.05, 3.63) is 22.4 Å². The highest BCUT2D eigenvalue weighted by Crippen LogP contribution is 2.33. The van der Waals surface area contributed by atoms with Crippen LogP contribution in [0.15, 0.2) is 22.4 Å². The maximum atomic E-state index is 14.0. The Bertz CT molecular complexity index is 425. The second kappa shape index (κ2) is 4.46. The molecule has 1 atom stereocenters. The van der Waals surface area contributed by atoms with Gasteiger partial charge in [0.25, 0.3) is 0 Å². The molecule has 0 bridgehead atoms. The predicted octanol–water partition coefficient (Wildman–Crippen LogP) is 1.31. The molecule has 14 heavy (non-hydrogen) atoms. The molecule has 1 aliphatic rings.